The highest BCUT2D eigenvalue weighted by molar-refractivity contribution is 6.08. The Morgan fingerprint density at radius 1 is 1.18 bits per heavy atom. The molecule has 1 amide bonds. The van der Waals surface area contributed by atoms with Crippen LogP contribution in [0.2, 0.25) is 0 Å². The molecule has 0 spiro atoms. The van der Waals surface area contributed by atoms with Crippen LogP contribution >= 0.6 is 0 Å². The first-order valence-electron chi connectivity index (χ1n) is 6.40. The van der Waals surface area contributed by atoms with Crippen molar-refractivity contribution in [3.8, 4) is 11.5 Å². The zero-order valence-corrected chi connectivity index (χ0v) is 12.0. The van der Waals surface area contributed by atoms with Crippen LogP contribution in [0.5, 0.6) is 11.5 Å². The van der Waals surface area contributed by atoms with Crippen LogP contribution in [0.3, 0.4) is 0 Å². The fourth-order valence-electron chi connectivity index (χ4n) is 2.02. The summed E-state index contributed by atoms with van der Waals surface area (Å²) in [6.07, 6.45) is 2.83. The molecule has 0 fully saturated rings. The van der Waals surface area contributed by atoms with E-state index in [0.717, 1.165) is 0 Å². The molecule has 0 aliphatic rings. The molecular weight excluding hydrogens is 286 g/mol. The first-order valence-corrected chi connectivity index (χ1v) is 6.40. The number of methoxy groups -OCH3 is 2. The molecule has 8 nitrogen and oxygen atoms in total. The lowest BCUT2D eigenvalue weighted by atomic mass is 10.1. The summed E-state index contributed by atoms with van der Waals surface area (Å²) in [6.45, 7) is 0. The normalized spacial score (nSPS) is 10.5. The van der Waals surface area contributed by atoms with E-state index in [4.69, 9.17) is 9.47 Å². The minimum absolute atomic E-state index is 0.352. The number of rotatable bonds is 4. The molecule has 0 unspecified atom stereocenters. The van der Waals surface area contributed by atoms with Gasteiger partial charge in [0, 0.05) is 6.07 Å². The van der Waals surface area contributed by atoms with Gasteiger partial charge in [-0.25, -0.2) is 15.0 Å². The average Bonchev–Trinajstić information content (AvgIpc) is 3.03. The average molecular weight is 299 g/mol. The molecule has 0 bridgehead atoms. The summed E-state index contributed by atoms with van der Waals surface area (Å²) >= 11 is 0. The molecule has 1 aromatic carbocycles. The molecule has 0 radical (unpaired) electrons. The number of amides is 1. The maximum Gasteiger partial charge on any atom is 0.260 e. The quantitative estimate of drug-likeness (QED) is 0.759. The van der Waals surface area contributed by atoms with E-state index >= 15 is 0 Å². The highest BCUT2D eigenvalue weighted by atomic mass is 16.5. The van der Waals surface area contributed by atoms with Gasteiger partial charge >= 0.3 is 0 Å². The smallest absolute Gasteiger partial charge is 0.260 e. The van der Waals surface area contributed by atoms with E-state index < -0.39 is 0 Å². The molecule has 0 saturated carbocycles. The first kappa shape index (κ1) is 13.8. The van der Waals surface area contributed by atoms with Crippen molar-refractivity contribution in [1.29, 1.82) is 0 Å². The highest BCUT2D eigenvalue weighted by Crippen LogP contribution is 2.25. The second-order valence-electron chi connectivity index (χ2n) is 4.34. The van der Waals surface area contributed by atoms with Gasteiger partial charge in [-0.15, -0.1) is 0 Å². The summed E-state index contributed by atoms with van der Waals surface area (Å²) in [5, 5.41) is 2.72. The molecular formula is C14H13N5O3. The molecule has 3 rings (SSSR count). The van der Waals surface area contributed by atoms with Crippen LogP contribution in [0, 0.1) is 0 Å². The van der Waals surface area contributed by atoms with E-state index in [-0.39, 0.29) is 5.91 Å². The standard InChI is InChI=1S/C14H13N5O3/c1-21-8-3-4-9(10(5-8)22-2)14(20)19-13-11-12(16-6-15-11)17-7-18-13/h3-7H,1-2H3,(H2,15,16,17,18,19,20). The molecule has 2 N–H and O–H groups in total. The number of aromatic amines is 1. The minimum atomic E-state index is -0.353. The molecule has 0 saturated heterocycles. The van der Waals surface area contributed by atoms with Gasteiger partial charge in [-0.1, -0.05) is 0 Å². The number of ether oxygens (including phenoxy) is 2. The summed E-state index contributed by atoms with van der Waals surface area (Å²) in [5.41, 5.74) is 1.41. The van der Waals surface area contributed by atoms with Crippen LogP contribution in [-0.2, 0) is 0 Å². The number of imidazole rings is 1. The van der Waals surface area contributed by atoms with Gasteiger partial charge in [0.05, 0.1) is 26.1 Å². The third-order valence-corrected chi connectivity index (χ3v) is 3.11. The van der Waals surface area contributed by atoms with Gasteiger partial charge in [-0.3, -0.25) is 4.79 Å². The zero-order valence-electron chi connectivity index (χ0n) is 12.0. The Labute approximate surface area is 125 Å². The first-order chi connectivity index (χ1) is 10.7. The molecule has 112 valence electrons. The molecule has 3 aromatic rings. The fourth-order valence-corrected chi connectivity index (χ4v) is 2.02. The number of nitrogens with zero attached hydrogens (tertiary/aromatic N) is 3. The van der Waals surface area contributed by atoms with Crippen LogP contribution in [-0.4, -0.2) is 40.1 Å². The Bertz CT molecular complexity index is 830. The highest BCUT2D eigenvalue weighted by Gasteiger charge is 2.16. The van der Waals surface area contributed by atoms with Gasteiger partial charge in [-0.05, 0) is 12.1 Å². The van der Waals surface area contributed by atoms with E-state index in [9.17, 15) is 4.79 Å². The minimum Gasteiger partial charge on any atom is -0.497 e. The summed E-state index contributed by atoms with van der Waals surface area (Å²) in [7, 11) is 3.04. The Morgan fingerprint density at radius 3 is 2.82 bits per heavy atom. The van der Waals surface area contributed by atoms with Gasteiger partial charge < -0.3 is 19.8 Å². The van der Waals surface area contributed by atoms with Crippen LogP contribution in [0.4, 0.5) is 5.82 Å². The van der Waals surface area contributed by atoms with Crippen molar-refractivity contribution in [1.82, 2.24) is 19.9 Å². The number of carbonyl (C=O) groups excluding carboxylic acids is 1. The molecule has 2 heterocycles. The van der Waals surface area contributed by atoms with Crippen molar-refractivity contribution in [2.24, 2.45) is 0 Å². The predicted octanol–water partition coefficient (Wildman–Crippen LogP) is 1.62. The van der Waals surface area contributed by atoms with Crippen LogP contribution in [0.15, 0.2) is 30.9 Å². The van der Waals surface area contributed by atoms with Gasteiger partial charge in [0.15, 0.2) is 11.5 Å². The third kappa shape index (κ3) is 2.41. The van der Waals surface area contributed by atoms with Crippen molar-refractivity contribution < 1.29 is 14.3 Å². The van der Waals surface area contributed by atoms with Crippen molar-refractivity contribution in [3.05, 3.63) is 36.4 Å². The second-order valence-corrected chi connectivity index (χ2v) is 4.34. The third-order valence-electron chi connectivity index (χ3n) is 3.11. The Kier molecular flexibility index (Phi) is 3.57. The molecule has 22 heavy (non-hydrogen) atoms. The largest absolute Gasteiger partial charge is 0.497 e. The maximum atomic E-state index is 12.4. The number of anilines is 1. The van der Waals surface area contributed by atoms with E-state index in [1.165, 1.54) is 19.8 Å². The number of fused-ring (bicyclic) bond motifs is 1. The zero-order chi connectivity index (χ0) is 15.5. The molecule has 0 atom stereocenters. The van der Waals surface area contributed by atoms with E-state index in [1.54, 1.807) is 25.3 Å². The molecule has 0 aliphatic carbocycles. The van der Waals surface area contributed by atoms with Crippen LogP contribution in [0.1, 0.15) is 10.4 Å². The van der Waals surface area contributed by atoms with E-state index in [2.05, 4.69) is 25.3 Å². The summed E-state index contributed by atoms with van der Waals surface area (Å²) in [5.74, 6) is 1.01. The monoisotopic (exact) mass is 299 g/mol. The van der Waals surface area contributed by atoms with Crippen molar-refractivity contribution in [2.45, 2.75) is 0 Å². The summed E-state index contributed by atoms with van der Waals surface area (Å²) in [6, 6.07) is 4.95. The Morgan fingerprint density at radius 2 is 2.05 bits per heavy atom. The Balaban J connectivity index is 1.93. The summed E-state index contributed by atoms with van der Waals surface area (Å²) < 4.78 is 10.3. The van der Waals surface area contributed by atoms with Crippen LogP contribution in [0.25, 0.3) is 11.2 Å². The molecule has 2 aromatic heterocycles. The lowest BCUT2D eigenvalue weighted by Gasteiger charge is -2.10. The molecule has 0 aliphatic heterocycles. The van der Waals surface area contributed by atoms with E-state index in [1.807, 2.05) is 0 Å². The van der Waals surface area contributed by atoms with Gasteiger partial charge in [-0.2, -0.15) is 0 Å². The van der Waals surface area contributed by atoms with Crippen molar-refractivity contribution >= 4 is 22.9 Å². The van der Waals surface area contributed by atoms with Crippen molar-refractivity contribution in [3.63, 3.8) is 0 Å². The molecule has 8 heteroatoms. The maximum absolute atomic E-state index is 12.4. The number of hydrogen-bond acceptors (Lipinski definition) is 6. The summed E-state index contributed by atoms with van der Waals surface area (Å²) in [4.78, 5) is 27.4. The van der Waals surface area contributed by atoms with Gasteiger partial charge in [0.1, 0.15) is 23.3 Å². The number of aromatic nitrogens is 4. The number of carbonyl (C=O) groups is 1. The number of H-pyrrole nitrogens is 1. The number of hydrogen-bond donors (Lipinski definition) is 2. The predicted molar refractivity (Wildman–Crippen MR) is 79.2 cm³/mol. The topological polar surface area (TPSA) is 102 Å². The van der Waals surface area contributed by atoms with Gasteiger partial charge in [0.25, 0.3) is 5.91 Å². The van der Waals surface area contributed by atoms with E-state index in [0.29, 0.717) is 34.0 Å². The van der Waals surface area contributed by atoms with Crippen molar-refractivity contribution in [2.75, 3.05) is 19.5 Å². The fraction of sp³-hybridized carbons (Fsp3) is 0.143. The number of benzene rings is 1. The SMILES string of the molecule is COc1ccc(C(=O)Nc2ncnc3nc[nH]c23)c(OC)c1. The van der Waals surface area contributed by atoms with Gasteiger partial charge in [0.2, 0.25) is 0 Å². The van der Waals surface area contributed by atoms with Crippen LogP contribution < -0.4 is 14.8 Å². The Hall–Kier alpha value is -3.16. The lowest BCUT2D eigenvalue weighted by molar-refractivity contribution is 0.102. The lowest BCUT2D eigenvalue weighted by Crippen LogP contribution is -2.14. The second kappa shape index (κ2) is 5.68. The number of nitrogens with one attached hydrogen (secondary N) is 2.